The highest BCUT2D eigenvalue weighted by atomic mass is 16.6. The number of piperidine rings is 1. The van der Waals surface area contributed by atoms with Gasteiger partial charge >= 0.3 is 6.09 Å². The summed E-state index contributed by atoms with van der Waals surface area (Å²) in [4.78, 5) is 18.2. The molecule has 0 radical (unpaired) electrons. The molecule has 1 aliphatic heterocycles. The Balaban J connectivity index is 1.84. The zero-order chi connectivity index (χ0) is 17.2. The number of benzene rings is 1. The zero-order valence-electron chi connectivity index (χ0n) is 14.6. The third-order valence-electron chi connectivity index (χ3n) is 3.97. The van der Waals surface area contributed by atoms with E-state index in [9.17, 15) is 4.79 Å². The zero-order valence-corrected chi connectivity index (χ0v) is 14.6. The van der Waals surface area contributed by atoms with Crippen LogP contribution in [-0.4, -0.2) is 49.2 Å². The molecular formula is C18H28N4O2. The molecule has 1 amide bonds. The maximum Gasteiger partial charge on any atom is 0.409 e. The molecule has 24 heavy (non-hydrogen) atoms. The SMILES string of the molecule is CCNC(=NCc1ccccc1)NC1CCN(C(=O)OCC)CC1. The van der Waals surface area contributed by atoms with Crippen molar-refractivity contribution in [3.8, 4) is 0 Å². The van der Waals surface area contributed by atoms with Crippen molar-refractivity contribution in [2.45, 2.75) is 39.3 Å². The predicted octanol–water partition coefficient (Wildman–Crippen LogP) is 2.36. The fourth-order valence-electron chi connectivity index (χ4n) is 2.69. The highest BCUT2D eigenvalue weighted by molar-refractivity contribution is 5.80. The topological polar surface area (TPSA) is 66.0 Å². The Kier molecular flexibility index (Phi) is 7.39. The van der Waals surface area contributed by atoms with Crippen LogP contribution in [0.1, 0.15) is 32.3 Å². The Morgan fingerprint density at radius 2 is 1.96 bits per heavy atom. The number of nitrogens with one attached hydrogen (secondary N) is 2. The van der Waals surface area contributed by atoms with Crippen molar-refractivity contribution in [3.63, 3.8) is 0 Å². The molecular weight excluding hydrogens is 304 g/mol. The van der Waals surface area contributed by atoms with Crippen LogP contribution in [0.25, 0.3) is 0 Å². The van der Waals surface area contributed by atoms with E-state index < -0.39 is 0 Å². The lowest BCUT2D eigenvalue weighted by Gasteiger charge is -2.32. The predicted molar refractivity (Wildman–Crippen MR) is 96.0 cm³/mol. The number of hydrogen-bond donors (Lipinski definition) is 2. The number of aliphatic imine (C=N–C) groups is 1. The van der Waals surface area contributed by atoms with Crippen molar-refractivity contribution >= 4 is 12.1 Å². The van der Waals surface area contributed by atoms with E-state index in [0.717, 1.165) is 25.3 Å². The first-order valence-electron chi connectivity index (χ1n) is 8.73. The van der Waals surface area contributed by atoms with Gasteiger partial charge in [0.2, 0.25) is 0 Å². The number of amides is 1. The fraction of sp³-hybridized carbons (Fsp3) is 0.556. The minimum atomic E-state index is -0.208. The van der Waals surface area contributed by atoms with Gasteiger partial charge < -0.3 is 20.3 Å². The molecule has 2 N–H and O–H groups in total. The third-order valence-corrected chi connectivity index (χ3v) is 3.97. The molecule has 0 bridgehead atoms. The molecule has 0 atom stereocenters. The van der Waals surface area contributed by atoms with E-state index in [1.807, 2.05) is 25.1 Å². The van der Waals surface area contributed by atoms with Crippen molar-refractivity contribution in [2.75, 3.05) is 26.2 Å². The van der Waals surface area contributed by atoms with Gasteiger partial charge in [0.25, 0.3) is 0 Å². The number of nitrogens with zero attached hydrogens (tertiary/aromatic N) is 2. The summed E-state index contributed by atoms with van der Waals surface area (Å²) in [6.07, 6.45) is 1.59. The molecule has 0 aliphatic carbocycles. The Labute approximate surface area is 144 Å². The summed E-state index contributed by atoms with van der Waals surface area (Å²) in [5.74, 6) is 0.830. The van der Waals surface area contributed by atoms with Gasteiger partial charge in [-0.2, -0.15) is 0 Å². The van der Waals surface area contributed by atoms with E-state index in [2.05, 4.69) is 34.7 Å². The molecule has 0 saturated carbocycles. The average molecular weight is 332 g/mol. The van der Waals surface area contributed by atoms with Crippen molar-refractivity contribution in [1.82, 2.24) is 15.5 Å². The van der Waals surface area contributed by atoms with Gasteiger partial charge in [0.1, 0.15) is 0 Å². The van der Waals surface area contributed by atoms with Crippen LogP contribution in [0, 0.1) is 0 Å². The molecule has 1 saturated heterocycles. The smallest absolute Gasteiger partial charge is 0.409 e. The van der Waals surface area contributed by atoms with Gasteiger partial charge in [0, 0.05) is 25.7 Å². The molecule has 1 fully saturated rings. The van der Waals surface area contributed by atoms with Gasteiger partial charge in [0.05, 0.1) is 13.2 Å². The second kappa shape index (κ2) is 9.80. The Morgan fingerprint density at radius 1 is 1.25 bits per heavy atom. The van der Waals surface area contributed by atoms with E-state index >= 15 is 0 Å². The van der Waals surface area contributed by atoms with Crippen LogP contribution in [0.2, 0.25) is 0 Å². The van der Waals surface area contributed by atoms with Gasteiger partial charge in [-0.15, -0.1) is 0 Å². The fourth-order valence-corrected chi connectivity index (χ4v) is 2.69. The average Bonchev–Trinajstić information content (AvgIpc) is 2.61. The van der Waals surface area contributed by atoms with Crippen molar-refractivity contribution in [3.05, 3.63) is 35.9 Å². The summed E-state index contributed by atoms with van der Waals surface area (Å²) in [5.41, 5.74) is 1.19. The van der Waals surface area contributed by atoms with Crippen LogP contribution < -0.4 is 10.6 Å². The number of guanidine groups is 1. The molecule has 1 heterocycles. The molecule has 1 aromatic carbocycles. The molecule has 1 aliphatic rings. The Hall–Kier alpha value is -2.24. The van der Waals surface area contributed by atoms with Gasteiger partial charge in [-0.25, -0.2) is 9.79 Å². The van der Waals surface area contributed by atoms with E-state index in [-0.39, 0.29) is 6.09 Å². The summed E-state index contributed by atoms with van der Waals surface area (Å²) >= 11 is 0. The summed E-state index contributed by atoms with van der Waals surface area (Å²) in [7, 11) is 0. The first kappa shape index (κ1) is 18.1. The standard InChI is InChI=1S/C18H28N4O2/c1-3-19-17(20-14-15-8-6-5-7-9-15)21-16-10-12-22(13-11-16)18(23)24-4-2/h5-9,16H,3-4,10-14H2,1-2H3,(H2,19,20,21). The molecule has 132 valence electrons. The van der Waals surface area contributed by atoms with E-state index in [4.69, 9.17) is 4.74 Å². The lowest BCUT2D eigenvalue weighted by Crippen LogP contribution is -2.49. The molecule has 0 aromatic heterocycles. The van der Waals surface area contributed by atoms with E-state index in [0.29, 0.717) is 32.3 Å². The normalized spacial score (nSPS) is 15.9. The molecule has 6 heteroatoms. The van der Waals surface area contributed by atoms with E-state index in [1.165, 1.54) is 5.56 Å². The quantitative estimate of drug-likeness (QED) is 0.642. The van der Waals surface area contributed by atoms with Crippen molar-refractivity contribution in [2.24, 2.45) is 4.99 Å². The second-order valence-corrected chi connectivity index (χ2v) is 5.79. The number of carbonyl (C=O) groups excluding carboxylic acids is 1. The van der Waals surface area contributed by atoms with Crippen LogP contribution in [0.15, 0.2) is 35.3 Å². The summed E-state index contributed by atoms with van der Waals surface area (Å²) in [6.45, 7) is 7.22. The van der Waals surface area contributed by atoms with Gasteiger partial charge in [-0.3, -0.25) is 0 Å². The van der Waals surface area contributed by atoms with Crippen LogP contribution >= 0.6 is 0 Å². The van der Waals surface area contributed by atoms with Gasteiger partial charge in [0.15, 0.2) is 5.96 Å². The van der Waals surface area contributed by atoms with E-state index in [1.54, 1.807) is 4.90 Å². The number of ether oxygens (including phenoxy) is 1. The van der Waals surface area contributed by atoms with Crippen LogP contribution in [0.4, 0.5) is 4.79 Å². The summed E-state index contributed by atoms with van der Waals surface area (Å²) in [5, 5.41) is 6.77. The molecule has 6 nitrogen and oxygen atoms in total. The lowest BCUT2D eigenvalue weighted by molar-refractivity contribution is 0.0963. The second-order valence-electron chi connectivity index (χ2n) is 5.79. The number of likely N-dealkylation sites (tertiary alicyclic amines) is 1. The van der Waals surface area contributed by atoms with Crippen LogP contribution in [0.5, 0.6) is 0 Å². The van der Waals surface area contributed by atoms with Crippen molar-refractivity contribution in [1.29, 1.82) is 0 Å². The number of carbonyl (C=O) groups is 1. The molecule has 0 spiro atoms. The van der Waals surface area contributed by atoms with Crippen LogP contribution in [-0.2, 0) is 11.3 Å². The maximum absolute atomic E-state index is 11.7. The molecule has 0 unspecified atom stereocenters. The van der Waals surface area contributed by atoms with Gasteiger partial charge in [-0.1, -0.05) is 30.3 Å². The first-order valence-corrected chi connectivity index (χ1v) is 8.73. The molecule has 1 aromatic rings. The van der Waals surface area contributed by atoms with Gasteiger partial charge in [-0.05, 0) is 32.3 Å². The minimum absolute atomic E-state index is 0.208. The first-order chi connectivity index (χ1) is 11.7. The number of rotatable bonds is 5. The monoisotopic (exact) mass is 332 g/mol. The summed E-state index contributed by atoms with van der Waals surface area (Å²) < 4.78 is 5.05. The van der Waals surface area contributed by atoms with Crippen molar-refractivity contribution < 1.29 is 9.53 Å². The maximum atomic E-state index is 11.7. The number of hydrogen-bond acceptors (Lipinski definition) is 3. The Bertz CT molecular complexity index is 525. The third kappa shape index (κ3) is 5.76. The lowest BCUT2D eigenvalue weighted by atomic mass is 10.1. The van der Waals surface area contributed by atoms with Crippen LogP contribution in [0.3, 0.4) is 0 Å². The Morgan fingerprint density at radius 3 is 2.58 bits per heavy atom. The highest BCUT2D eigenvalue weighted by Crippen LogP contribution is 2.11. The molecule has 2 rings (SSSR count). The highest BCUT2D eigenvalue weighted by Gasteiger charge is 2.23. The summed E-state index contributed by atoms with van der Waals surface area (Å²) in [6, 6.07) is 10.5. The minimum Gasteiger partial charge on any atom is -0.450 e. The largest absolute Gasteiger partial charge is 0.450 e.